The molecule has 0 saturated heterocycles. The summed E-state index contributed by atoms with van der Waals surface area (Å²) < 4.78 is 0. The van der Waals surface area contributed by atoms with Crippen molar-refractivity contribution < 1.29 is 4.79 Å². The lowest BCUT2D eigenvalue weighted by Crippen LogP contribution is -2.32. The lowest BCUT2D eigenvalue weighted by molar-refractivity contribution is -0.118. The Morgan fingerprint density at radius 3 is 2.75 bits per heavy atom. The number of hydrogen-bond donors (Lipinski definition) is 1. The van der Waals surface area contributed by atoms with E-state index in [1.54, 1.807) is 0 Å². The Balaban J connectivity index is 1.95. The van der Waals surface area contributed by atoms with Gasteiger partial charge in [0.05, 0.1) is 5.69 Å². The maximum Gasteiger partial charge on any atom is 0.160 e. The predicted octanol–water partition coefficient (Wildman–Crippen LogP) is 4.40. The highest BCUT2D eigenvalue weighted by Gasteiger charge is 2.41. The van der Waals surface area contributed by atoms with Crippen LogP contribution < -0.4 is 0 Å². The summed E-state index contributed by atoms with van der Waals surface area (Å²) in [4.78, 5) is 13.1. The van der Waals surface area contributed by atoms with E-state index in [2.05, 4.69) is 62.2 Å². The second-order valence-corrected chi connectivity index (χ2v) is 8.19. The minimum absolute atomic E-state index is 0.0333. The van der Waals surface area contributed by atoms with E-state index >= 15 is 0 Å². The Bertz CT molecular complexity index is 870. The Morgan fingerprint density at radius 2 is 2.00 bits per heavy atom. The molecule has 3 nitrogen and oxygen atoms in total. The third kappa shape index (κ3) is 2.34. The van der Waals surface area contributed by atoms with Crippen LogP contribution in [0.1, 0.15) is 60.7 Å². The van der Waals surface area contributed by atoms with Crippen molar-refractivity contribution in [2.24, 2.45) is 5.41 Å². The second kappa shape index (κ2) is 5.17. The molecule has 0 amide bonds. The third-order valence-corrected chi connectivity index (χ3v) is 5.42. The molecule has 3 heteroatoms. The Hall–Kier alpha value is -2.16. The number of rotatable bonds is 1. The van der Waals surface area contributed by atoms with Crippen molar-refractivity contribution in [1.82, 2.24) is 10.2 Å². The number of nitrogens with zero attached hydrogens (tertiary/aromatic N) is 1. The molecule has 1 atom stereocenters. The van der Waals surface area contributed by atoms with E-state index in [0.717, 1.165) is 29.8 Å². The number of hydrogen-bond acceptors (Lipinski definition) is 2. The van der Waals surface area contributed by atoms with Gasteiger partial charge in [-0.15, -0.1) is 0 Å². The monoisotopic (exact) mass is 320 g/mol. The first-order valence-electron chi connectivity index (χ1n) is 8.71. The second-order valence-electron chi connectivity index (χ2n) is 8.19. The summed E-state index contributed by atoms with van der Waals surface area (Å²) in [5.74, 6) is 0.352. The number of carbonyl (C=O) groups is 1. The number of Topliss-reactive ketones (excluding diaryl/α,β-unsaturated/α-hetero) is 1. The third-order valence-electron chi connectivity index (χ3n) is 5.42. The van der Waals surface area contributed by atoms with Crippen molar-refractivity contribution in [3.05, 3.63) is 63.5 Å². The van der Waals surface area contributed by atoms with Gasteiger partial charge in [-0.3, -0.25) is 9.89 Å². The van der Waals surface area contributed by atoms with Crippen LogP contribution >= 0.6 is 0 Å². The summed E-state index contributed by atoms with van der Waals surface area (Å²) in [7, 11) is 0. The number of fused-ring (bicyclic) bond motifs is 1. The largest absolute Gasteiger partial charge is 0.294 e. The number of nitrogens with one attached hydrogen (secondary N) is 1. The van der Waals surface area contributed by atoms with E-state index in [1.807, 2.05) is 0 Å². The minimum Gasteiger partial charge on any atom is -0.294 e. The summed E-state index contributed by atoms with van der Waals surface area (Å²) >= 11 is 0. The highest BCUT2D eigenvalue weighted by atomic mass is 16.1. The number of aryl methyl sites for hydroxylation is 2. The molecule has 1 aromatic carbocycles. The molecule has 124 valence electrons. The molecule has 0 saturated carbocycles. The molecule has 1 aromatic heterocycles. The maximum atomic E-state index is 13.1. The molecule has 0 spiro atoms. The van der Waals surface area contributed by atoms with Crippen LogP contribution in [0.3, 0.4) is 0 Å². The summed E-state index contributed by atoms with van der Waals surface area (Å²) in [5, 5.41) is 7.70. The van der Waals surface area contributed by atoms with Crippen molar-refractivity contribution in [1.29, 1.82) is 0 Å². The van der Waals surface area contributed by atoms with E-state index in [9.17, 15) is 4.79 Å². The SMILES string of the molecule is Cc1cccc(C2C3=C(Cc4n[nH]c(C)c42)CC(C)(C)CC3=O)c1. The zero-order chi connectivity index (χ0) is 17.1. The molecule has 2 aliphatic rings. The fourth-order valence-corrected chi connectivity index (χ4v) is 4.52. The average Bonchev–Trinajstić information content (AvgIpc) is 2.85. The van der Waals surface area contributed by atoms with Gasteiger partial charge in [0.2, 0.25) is 0 Å². The van der Waals surface area contributed by atoms with Crippen molar-refractivity contribution >= 4 is 5.78 Å². The topological polar surface area (TPSA) is 45.8 Å². The highest BCUT2D eigenvalue weighted by Crippen LogP contribution is 2.49. The van der Waals surface area contributed by atoms with Gasteiger partial charge in [0, 0.05) is 35.6 Å². The first-order valence-corrected chi connectivity index (χ1v) is 8.71. The van der Waals surface area contributed by atoms with Gasteiger partial charge in [-0.2, -0.15) is 5.10 Å². The lowest BCUT2D eigenvalue weighted by atomic mass is 9.65. The number of carbonyl (C=O) groups excluding carboxylic acids is 1. The number of aromatic amines is 1. The molecule has 2 aromatic rings. The quantitative estimate of drug-likeness (QED) is 0.846. The molecule has 1 heterocycles. The molecule has 0 bridgehead atoms. The van der Waals surface area contributed by atoms with Crippen LogP contribution in [-0.4, -0.2) is 16.0 Å². The fraction of sp³-hybridized carbons (Fsp3) is 0.429. The average molecular weight is 320 g/mol. The summed E-state index contributed by atoms with van der Waals surface area (Å²) in [6.07, 6.45) is 2.44. The van der Waals surface area contributed by atoms with Crippen LogP contribution in [0.2, 0.25) is 0 Å². The van der Waals surface area contributed by atoms with Gasteiger partial charge in [0.15, 0.2) is 5.78 Å². The number of H-pyrrole nitrogens is 1. The molecular weight excluding hydrogens is 296 g/mol. The van der Waals surface area contributed by atoms with Gasteiger partial charge in [-0.05, 0) is 31.2 Å². The van der Waals surface area contributed by atoms with E-state index in [1.165, 1.54) is 22.3 Å². The van der Waals surface area contributed by atoms with Crippen molar-refractivity contribution in [2.45, 2.75) is 52.9 Å². The molecule has 0 radical (unpaired) electrons. The van der Waals surface area contributed by atoms with Gasteiger partial charge in [-0.1, -0.05) is 49.2 Å². The van der Waals surface area contributed by atoms with Crippen molar-refractivity contribution in [2.75, 3.05) is 0 Å². The van der Waals surface area contributed by atoms with Crippen LogP contribution in [0.5, 0.6) is 0 Å². The summed E-state index contributed by atoms with van der Waals surface area (Å²) in [6, 6.07) is 8.56. The zero-order valence-corrected chi connectivity index (χ0v) is 14.9. The summed E-state index contributed by atoms with van der Waals surface area (Å²) in [6.45, 7) is 8.57. The lowest BCUT2D eigenvalue weighted by Gasteiger charge is -2.38. The fourth-order valence-electron chi connectivity index (χ4n) is 4.52. The van der Waals surface area contributed by atoms with Crippen LogP contribution in [0.25, 0.3) is 0 Å². The van der Waals surface area contributed by atoms with Gasteiger partial charge >= 0.3 is 0 Å². The van der Waals surface area contributed by atoms with E-state index in [-0.39, 0.29) is 11.3 Å². The number of allylic oxidation sites excluding steroid dienone is 2. The standard InChI is InChI=1S/C21H24N2O/c1-12-6-5-7-14(8-12)20-18-13(2)22-23-16(18)9-15-10-21(3,4)11-17(24)19(15)20/h5-8,20H,9-11H2,1-4H3,(H,22,23). The Morgan fingerprint density at radius 1 is 1.21 bits per heavy atom. The smallest absolute Gasteiger partial charge is 0.160 e. The Labute approximate surface area is 143 Å². The minimum atomic E-state index is 0.0333. The van der Waals surface area contributed by atoms with Crippen LogP contribution in [-0.2, 0) is 11.2 Å². The molecule has 0 aliphatic heterocycles. The maximum absolute atomic E-state index is 13.1. The first kappa shape index (κ1) is 15.4. The zero-order valence-electron chi connectivity index (χ0n) is 14.9. The van der Waals surface area contributed by atoms with E-state index < -0.39 is 0 Å². The molecule has 0 fully saturated rings. The van der Waals surface area contributed by atoms with Crippen molar-refractivity contribution in [3.63, 3.8) is 0 Å². The molecule has 2 aliphatic carbocycles. The molecule has 1 unspecified atom stereocenters. The van der Waals surface area contributed by atoms with Crippen LogP contribution in [0.15, 0.2) is 35.4 Å². The van der Waals surface area contributed by atoms with Gasteiger partial charge < -0.3 is 0 Å². The van der Waals surface area contributed by atoms with Crippen LogP contribution in [0.4, 0.5) is 0 Å². The predicted molar refractivity (Wildman–Crippen MR) is 95.1 cm³/mol. The molecule has 1 N–H and O–H groups in total. The molecular formula is C21H24N2O. The number of ketones is 1. The van der Waals surface area contributed by atoms with Gasteiger partial charge in [0.25, 0.3) is 0 Å². The van der Waals surface area contributed by atoms with E-state index in [4.69, 9.17) is 0 Å². The molecule has 4 rings (SSSR count). The number of benzene rings is 1. The van der Waals surface area contributed by atoms with Gasteiger partial charge in [-0.25, -0.2) is 0 Å². The number of aromatic nitrogens is 2. The highest BCUT2D eigenvalue weighted by molar-refractivity contribution is 6.00. The first-order chi connectivity index (χ1) is 11.4. The summed E-state index contributed by atoms with van der Waals surface area (Å²) in [5.41, 5.74) is 8.23. The van der Waals surface area contributed by atoms with E-state index in [0.29, 0.717) is 12.2 Å². The normalized spacial score (nSPS) is 22.3. The van der Waals surface area contributed by atoms with Crippen LogP contribution in [0, 0.1) is 19.3 Å². The Kier molecular flexibility index (Phi) is 3.31. The molecule has 24 heavy (non-hydrogen) atoms. The van der Waals surface area contributed by atoms with Crippen molar-refractivity contribution in [3.8, 4) is 0 Å². The van der Waals surface area contributed by atoms with Gasteiger partial charge in [0.1, 0.15) is 0 Å².